The molecule has 0 aromatic carbocycles. The molecule has 0 N–H and O–H groups in total. The number of hydrogen-bond donors (Lipinski definition) is 0. The molecule has 21 heavy (non-hydrogen) atoms. The Balaban J connectivity index is 4.95. The van der Waals surface area contributed by atoms with E-state index in [-0.39, 0.29) is 13.2 Å². The van der Waals surface area contributed by atoms with Crippen molar-refractivity contribution in [3.05, 3.63) is 24.7 Å². The Morgan fingerprint density at radius 3 is 2.00 bits per heavy atom. The average molecular weight is 322 g/mol. The topological polar surface area (TPSA) is 97.4 Å². The summed E-state index contributed by atoms with van der Waals surface area (Å²) in [5.74, 6) is -3.05. The van der Waals surface area contributed by atoms with Crippen LogP contribution in [0.4, 0.5) is 0 Å². The van der Waals surface area contributed by atoms with Gasteiger partial charge in [0.05, 0.1) is 20.3 Å². The fourth-order valence-electron chi connectivity index (χ4n) is 0.944. The van der Waals surface area contributed by atoms with E-state index in [1.54, 1.807) is 13.8 Å². The Kier molecular flexibility index (Phi) is 8.42. The zero-order valence-electron chi connectivity index (χ0n) is 12.2. The van der Waals surface area contributed by atoms with E-state index in [4.69, 9.17) is 13.6 Å². The third-order valence-electron chi connectivity index (χ3n) is 1.81. The maximum absolute atomic E-state index is 12.3. The quantitative estimate of drug-likeness (QED) is 0.261. The molecule has 1 atom stereocenters. The third-order valence-corrected chi connectivity index (χ3v) is 3.20. The summed E-state index contributed by atoms with van der Waals surface area (Å²) in [6.45, 7) is 9.91. The van der Waals surface area contributed by atoms with E-state index in [2.05, 4.69) is 22.6 Å². The molecule has 0 aliphatic heterocycles. The van der Waals surface area contributed by atoms with Gasteiger partial charge in [0.25, 0.3) is 0 Å². The fraction of sp³-hybridized carbons (Fsp3) is 0.500. The van der Waals surface area contributed by atoms with Gasteiger partial charge in [0.1, 0.15) is 0 Å². The standard InChI is InChI=1S/C12H19O8P/c1-6-8-18-21(15,19-9(3)11(13)16-5)20-10(4)12(14)17-7-2/h3-4,6-8H2,1-2,5H3. The zero-order valence-corrected chi connectivity index (χ0v) is 13.1. The van der Waals surface area contributed by atoms with Gasteiger partial charge in [-0.25, -0.2) is 14.2 Å². The van der Waals surface area contributed by atoms with Gasteiger partial charge in [0, 0.05) is 0 Å². The highest BCUT2D eigenvalue weighted by Crippen LogP contribution is 2.53. The number of esters is 2. The molecule has 0 rings (SSSR count). The minimum Gasteiger partial charge on any atom is -0.463 e. The van der Waals surface area contributed by atoms with Gasteiger partial charge in [-0.1, -0.05) is 6.92 Å². The monoisotopic (exact) mass is 322 g/mol. The first kappa shape index (κ1) is 19.2. The maximum atomic E-state index is 12.3. The second-order valence-corrected chi connectivity index (χ2v) is 5.04. The lowest BCUT2D eigenvalue weighted by atomic mass is 10.5. The largest absolute Gasteiger partial charge is 0.588 e. The van der Waals surface area contributed by atoms with E-state index in [9.17, 15) is 14.2 Å². The minimum absolute atomic E-state index is 0.00182. The molecule has 0 aliphatic carbocycles. The zero-order chi connectivity index (χ0) is 16.5. The molecule has 0 aromatic rings. The van der Waals surface area contributed by atoms with Crippen LogP contribution in [0.3, 0.4) is 0 Å². The third kappa shape index (κ3) is 6.97. The highest BCUT2D eigenvalue weighted by Gasteiger charge is 2.35. The van der Waals surface area contributed by atoms with Gasteiger partial charge >= 0.3 is 19.8 Å². The predicted octanol–water partition coefficient (Wildman–Crippen LogP) is 2.32. The van der Waals surface area contributed by atoms with Crippen molar-refractivity contribution in [2.75, 3.05) is 20.3 Å². The molecule has 8 nitrogen and oxygen atoms in total. The van der Waals surface area contributed by atoms with Gasteiger partial charge in [-0.15, -0.1) is 0 Å². The van der Waals surface area contributed by atoms with E-state index in [1.807, 2.05) is 0 Å². The van der Waals surface area contributed by atoms with Crippen LogP contribution in [0.5, 0.6) is 0 Å². The molecule has 0 spiro atoms. The summed E-state index contributed by atoms with van der Waals surface area (Å²) in [6.07, 6.45) is 0.493. The lowest BCUT2D eigenvalue weighted by molar-refractivity contribution is -0.141. The van der Waals surface area contributed by atoms with Gasteiger partial charge in [-0.2, -0.15) is 0 Å². The number of hydrogen-bond acceptors (Lipinski definition) is 8. The Bertz CT molecular complexity index is 456. The number of phosphoric ester groups is 1. The number of ether oxygens (including phenoxy) is 2. The highest BCUT2D eigenvalue weighted by atomic mass is 31.2. The molecule has 0 amide bonds. The minimum atomic E-state index is -4.29. The molecule has 1 unspecified atom stereocenters. The molecule has 0 saturated heterocycles. The second kappa shape index (κ2) is 9.20. The van der Waals surface area contributed by atoms with E-state index in [0.717, 1.165) is 7.11 Å². The lowest BCUT2D eigenvalue weighted by Crippen LogP contribution is -2.12. The molecular weight excluding hydrogens is 303 g/mol. The van der Waals surface area contributed by atoms with Crippen molar-refractivity contribution in [1.29, 1.82) is 0 Å². The molecule has 0 saturated carbocycles. The molecule has 0 fully saturated rings. The molecule has 9 heteroatoms. The Morgan fingerprint density at radius 2 is 1.57 bits per heavy atom. The molecule has 0 aliphatic rings. The summed E-state index contributed by atoms with van der Waals surface area (Å²) in [5, 5.41) is 0. The maximum Gasteiger partial charge on any atom is 0.588 e. The molecular formula is C12H19O8P. The second-order valence-electron chi connectivity index (χ2n) is 3.52. The fourth-order valence-corrected chi connectivity index (χ4v) is 2.18. The van der Waals surface area contributed by atoms with E-state index in [1.165, 1.54) is 0 Å². The molecule has 0 aromatic heterocycles. The number of rotatable bonds is 10. The van der Waals surface area contributed by atoms with Crippen molar-refractivity contribution in [2.45, 2.75) is 20.3 Å². The first-order valence-corrected chi connectivity index (χ1v) is 7.52. The Hall–Kier alpha value is -1.79. The number of methoxy groups -OCH3 is 1. The van der Waals surface area contributed by atoms with Crippen molar-refractivity contribution in [3.63, 3.8) is 0 Å². The van der Waals surface area contributed by atoms with Crippen LogP contribution in [0.2, 0.25) is 0 Å². The summed E-state index contributed by atoms with van der Waals surface area (Å²) in [4.78, 5) is 22.6. The molecule has 0 radical (unpaired) electrons. The molecule has 0 heterocycles. The van der Waals surface area contributed by atoms with Crippen LogP contribution in [0.25, 0.3) is 0 Å². The van der Waals surface area contributed by atoms with Crippen LogP contribution < -0.4 is 0 Å². The summed E-state index contributed by atoms with van der Waals surface area (Å²) < 4.78 is 35.8. The summed E-state index contributed by atoms with van der Waals surface area (Å²) in [5.41, 5.74) is 0. The summed E-state index contributed by atoms with van der Waals surface area (Å²) in [7, 11) is -3.20. The predicted molar refractivity (Wildman–Crippen MR) is 72.9 cm³/mol. The highest BCUT2D eigenvalue weighted by molar-refractivity contribution is 7.48. The molecule has 120 valence electrons. The number of carbonyl (C=O) groups is 2. The molecule has 0 bridgehead atoms. The van der Waals surface area contributed by atoms with Gasteiger partial charge < -0.3 is 18.5 Å². The average Bonchev–Trinajstić information content (AvgIpc) is 2.44. The Labute approximate surface area is 123 Å². The van der Waals surface area contributed by atoms with Crippen LogP contribution in [0.1, 0.15) is 20.3 Å². The van der Waals surface area contributed by atoms with Crippen LogP contribution in [0, 0.1) is 0 Å². The van der Waals surface area contributed by atoms with Crippen molar-refractivity contribution < 1.29 is 37.2 Å². The Morgan fingerprint density at radius 1 is 1.05 bits per heavy atom. The lowest BCUT2D eigenvalue weighted by Gasteiger charge is -2.19. The van der Waals surface area contributed by atoms with Crippen LogP contribution >= 0.6 is 7.82 Å². The van der Waals surface area contributed by atoms with Crippen molar-refractivity contribution >= 4 is 19.8 Å². The SMILES string of the molecule is C=C(OP(=O)(OCCC)OC(=C)C(=O)OCC)C(=O)OC. The van der Waals surface area contributed by atoms with E-state index < -0.39 is 31.3 Å². The summed E-state index contributed by atoms with van der Waals surface area (Å²) in [6, 6.07) is 0. The van der Waals surface area contributed by atoms with Gasteiger partial charge in [-0.05, 0) is 26.5 Å². The van der Waals surface area contributed by atoms with E-state index in [0.29, 0.717) is 6.42 Å². The van der Waals surface area contributed by atoms with Crippen LogP contribution in [-0.2, 0) is 37.2 Å². The normalized spacial score (nSPS) is 12.7. The van der Waals surface area contributed by atoms with Crippen molar-refractivity contribution in [1.82, 2.24) is 0 Å². The first-order chi connectivity index (χ1) is 9.79. The number of carbonyl (C=O) groups excluding carboxylic acids is 2. The van der Waals surface area contributed by atoms with Gasteiger partial charge in [-0.3, -0.25) is 4.52 Å². The van der Waals surface area contributed by atoms with Crippen molar-refractivity contribution in [3.8, 4) is 0 Å². The summed E-state index contributed by atoms with van der Waals surface area (Å²) >= 11 is 0. The smallest absolute Gasteiger partial charge is 0.463 e. The van der Waals surface area contributed by atoms with Gasteiger partial charge in [0.2, 0.25) is 11.5 Å². The number of phosphoric acid groups is 1. The van der Waals surface area contributed by atoms with Crippen LogP contribution in [0.15, 0.2) is 24.7 Å². The first-order valence-electron chi connectivity index (χ1n) is 6.06. The van der Waals surface area contributed by atoms with Crippen molar-refractivity contribution in [2.24, 2.45) is 0 Å². The van der Waals surface area contributed by atoms with Gasteiger partial charge in [0.15, 0.2) is 0 Å². The van der Waals surface area contributed by atoms with Crippen LogP contribution in [-0.4, -0.2) is 32.3 Å². The van der Waals surface area contributed by atoms with E-state index >= 15 is 0 Å².